The zero-order valence-corrected chi connectivity index (χ0v) is 13.4. The number of carbonyl (C=O) groups excluding carboxylic acids is 1. The molecule has 22 heavy (non-hydrogen) atoms. The Labute approximate surface area is 134 Å². The third-order valence-electron chi connectivity index (χ3n) is 3.72. The smallest absolute Gasteiger partial charge is 0.230 e. The lowest BCUT2D eigenvalue weighted by atomic mass is 9.97. The molecule has 0 saturated heterocycles. The number of nitrogens with two attached hydrogens (primary N) is 1. The van der Waals surface area contributed by atoms with Crippen LogP contribution in [0.4, 0.5) is 5.82 Å². The summed E-state index contributed by atoms with van der Waals surface area (Å²) in [7, 11) is 0. The van der Waals surface area contributed by atoms with Crippen LogP contribution in [0.2, 0.25) is 0 Å². The standard InChI is InChI=1S/C15H21N5OS/c16-8-11-9-18-15(20-14(11)17)22-10-13(21)19-12-6-4-2-1-3-5-7-12/h9,12H,1-7,10H2,(H,19,21)(H2,17,18,20). The van der Waals surface area contributed by atoms with Crippen molar-refractivity contribution >= 4 is 23.5 Å². The van der Waals surface area contributed by atoms with E-state index in [1.807, 2.05) is 6.07 Å². The van der Waals surface area contributed by atoms with Gasteiger partial charge in [0.25, 0.3) is 0 Å². The van der Waals surface area contributed by atoms with Crippen LogP contribution >= 0.6 is 11.8 Å². The number of carbonyl (C=O) groups is 1. The number of amides is 1. The van der Waals surface area contributed by atoms with Crippen molar-refractivity contribution < 1.29 is 4.79 Å². The summed E-state index contributed by atoms with van der Waals surface area (Å²) in [5.74, 6) is 0.421. The Morgan fingerprint density at radius 1 is 1.36 bits per heavy atom. The van der Waals surface area contributed by atoms with E-state index in [0.717, 1.165) is 12.8 Å². The minimum atomic E-state index is 0.00195. The van der Waals surface area contributed by atoms with Gasteiger partial charge in [-0.1, -0.05) is 43.9 Å². The highest BCUT2D eigenvalue weighted by Gasteiger charge is 2.14. The van der Waals surface area contributed by atoms with Crippen molar-refractivity contribution in [3.05, 3.63) is 11.8 Å². The molecule has 1 aliphatic carbocycles. The zero-order chi connectivity index (χ0) is 15.8. The Morgan fingerprint density at radius 3 is 2.68 bits per heavy atom. The number of nitrogens with one attached hydrogen (secondary N) is 1. The molecule has 1 aliphatic rings. The van der Waals surface area contributed by atoms with Crippen molar-refractivity contribution in [1.29, 1.82) is 5.26 Å². The molecule has 1 fully saturated rings. The monoisotopic (exact) mass is 319 g/mol. The van der Waals surface area contributed by atoms with Gasteiger partial charge in [-0.05, 0) is 12.8 Å². The van der Waals surface area contributed by atoms with Crippen molar-refractivity contribution in [3.8, 4) is 6.07 Å². The highest BCUT2D eigenvalue weighted by Crippen LogP contribution is 2.18. The van der Waals surface area contributed by atoms with Crippen molar-refractivity contribution in [2.24, 2.45) is 0 Å². The van der Waals surface area contributed by atoms with Crippen LogP contribution in [0.3, 0.4) is 0 Å². The molecule has 118 valence electrons. The lowest BCUT2D eigenvalue weighted by molar-refractivity contribution is -0.119. The van der Waals surface area contributed by atoms with E-state index in [4.69, 9.17) is 11.0 Å². The van der Waals surface area contributed by atoms with Gasteiger partial charge in [-0.3, -0.25) is 4.79 Å². The van der Waals surface area contributed by atoms with E-state index in [-0.39, 0.29) is 23.0 Å². The Balaban J connectivity index is 1.79. The summed E-state index contributed by atoms with van der Waals surface area (Å²) in [6.45, 7) is 0. The van der Waals surface area contributed by atoms with E-state index in [0.29, 0.717) is 11.2 Å². The number of aromatic nitrogens is 2. The fraction of sp³-hybridized carbons (Fsp3) is 0.600. The summed E-state index contributed by atoms with van der Waals surface area (Å²) in [5, 5.41) is 12.3. The van der Waals surface area contributed by atoms with Gasteiger partial charge in [-0.25, -0.2) is 9.97 Å². The number of nitriles is 1. The summed E-state index contributed by atoms with van der Waals surface area (Å²) in [5.41, 5.74) is 5.89. The molecule has 1 saturated carbocycles. The number of hydrogen-bond acceptors (Lipinski definition) is 6. The molecule has 0 unspecified atom stereocenters. The summed E-state index contributed by atoms with van der Waals surface area (Å²) in [6.07, 6.45) is 9.73. The predicted octanol–water partition coefficient (Wildman–Crippen LogP) is 2.25. The molecule has 1 aromatic heterocycles. The molecule has 1 amide bonds. The third kappa shape index (κ3) is 5.19. The number of hydrogen-bond donors (Lipinski definition) is 2. The molecule has 1 heterocycles. The average Bonchev–Trinajstić information content (AvgIpc) is 2.48. The van der Waals surface area contributed by atoms with Gasteiger partial charge in [0.15, 0.2) is 5.16 Å². The molecule has 6 nitrogen and oxygen atoms in total. The summed E-state index contributed by atoms with van der Waals surface area (Å²) < 4.78 is 0. The molecule has 3 N–H and O–H groups in total. The Morgan fingerprint density at radius 2 is 2.05 bits per heavy atom. The van der Waals surface area contributed by atoms with Gasteiger partial charge in [-0.2, -0.15) is 5.26 Å². The molecule has 1 aromatic rings. The van der Waals surface area contributed by atoms with Gasteiger partial charge in [0.1, 0.15) is 17.5 Å². The fourth-order valence-corrected chi connectivity index (χ4v) is 3.17. The quantitative estimate of drug-likeness (QED) is 0.651. The van der Waals surface area contributed by atoms with Gasteiger partial charge >= 0.3 is 0 Å². The molecule has 0 radical (unpaired) electrons. The molecule has 2 rings (SSSR count). The van der Waals surface area contributed by atoms with Crippen LogP contribution in [0.5, 0.6) is 0 Å². The maximum absolute atomic E-state index is 12.0. The molecule has 0 aliphatic heterocycles. The number of thioether (sulfide) groups is 1. The third-order valence-corrected chi connectivity index (χ3v) is 4.58. The number of nitrogens with zero attached hydrogens (tertiary/aromatic N) is 3. The van der Waals surface area contributed by atoms with Gasteiger partial charge in [0, 0.05) is 6.04 Å². The molecular formula is C15H21N5OS. The van der Waals surface area contributed by atoms with E-state index in [2.05, 4.69) is 15.3 Å². The number of nitrogen functional groups attached to an aromatic ring is 1. The Bertz CT molecular complexity index is 549. The Hall–Kier alpha value is -1.81. The maximum atomic E-state index is 12.0. The second-order valence-corrected chi connectivity index (χ2v) is 6.40. The van der Waals surface area contributed by atoms with Crippen LogP contribution in [0.1, 0.15) is 50.5 Å². The minimum Gasteiger partial charge on any atom is -0.382 e. The van der Waals surface area contributed by atoms with Crippen LogP contribution in [-0.2, 0) is 4.79 Å². The summed E-state index contributed by atoms with van der Waals surface area (Å²) in [6, 6.07) is 2.21. The first-order valence-corrected chi connectivity index (χ1v) is 8.62. The van der Waals surface area contributed by atoms with E-state index < -0.39 is 0 Å². The fourth-order valence-electron chi connectivity index (χ4n) is 2.53. The largest absolute Gasteiger partial charge is 0.382 e. The molecule has 0 aromatic carbocycles. The minimum absolute atomic E-state index is 0.00195. The number of rotatable bonds is 4. The van der Waals surface area contributed by atoms with Crippen molar-refractivity contribution in [2.75, 3.05) is 11.5 Å². The van der Waals surface area contributed by atoms with E-state index in [9.17, 15) is 4.79 Å². The summed E-state index contributed by atoms with van der Waals surface area (Å²) >= 11 is 1.24. The maximum Gasteiger partial charge on any atom is 0.230 e. The highest BCUT2D eigenvalue weighted by molar-refractivity contribution is 7.99. The molecule has 0 spiro atoms. The normalized spacial score (nSPS) is 16.3. The van der Waals surface area contributed by atoms with Crippen LogP contribution in [-0.4, -0.2) is 27.7 Å². The van der Waals surface area contributed by atoms with Crippen molar-refractivity contribution in [2.45, 2.75) is 56.1 Å². The van der Waals surface area contributed by atoms with Crippen molar-refractivity contribution in [1.82, 2.24) is 15.3 Å². The lowest BCUT2D eigenvalue weighted by Crippen LogP contribution is -2.36. The summed E-state index contributed by atoms with van der Waals surface area (Å²) in [4.78, 5) is 20.1. The van der Waals surface area contributed by atoms with E-state index in [1.54, 1.807) is 0 Å². The second kappa shape index (κ2) is 8.59. The van der Waals surface area contributed by atoms with Crippen LogP contribution in [0, 0.1) is 11.3 Å². The van der Waals surface area contributed by atoms with E-state index in [1.165, 1.54) is 50.1 Å². The van der Waals surface area contributed by atoms with Crippen molar-refractivity contribution in [3.63, 3.8) is 0 Å². The first-order valence-electron chi connectivity index (χ1n) is 7.64. The van der Waals surface area contributed by atoms with Gasteiger partial charge in [0.2, 0.25) is 5.91 Å². The zero-order valence-electron chi connectivity index (χ0n) is 12.5. The lowest BCUT2D eigenvalue weighted by Gasteiger charge is -2.20. The van der Waals surface area contributed by atoms with Gasteiger partial charge in [-0.15, -0.1) is 0 Å². The first kappa shape index (κ1) is 16.6. The van der Waals surface area contributed by atoms with Crippen LogP contribution in [0.25, 0.3) is 0 Å². The van der Waals surface area contributed by atoms with Gasteiger partial charge < -0.3 is 11.1 Å². The molecular weight excluding hydrogens is 298 g/mol. The molecule has 0 atom stereocenters. The highest BCUT2D eigenvalue weighted by atomic mass is 32.2. The molecule has 0 bridgehead atoms. The van der Waals surface area contributed by atoms with Gasteiger partial charge in [0.05, 0.1) is 11.9 Å². The number of anilines is 1. The first-order chi connectivity index (χ1) is 10.7. The van der Waals surface area contributed by atoms with Crippen LogP contribution < -0.4 is 11.1 Å². The van der Waals surface area contributed by atoms with E-state index >= 15 is 0 Å². The predicted molar refractivity (Wildman–Crippen MR) is 86.1 cm³/mol. The topological polar surface area (TPSA) is 105 Å². The molecule has 7 heteroatoms. The SMILES string of the molecule is N#Cc1cnc(SCC(=O)NC2CCCCCCC2)nc1N. The Kier molecular flexibility index (Phi) is 6.46. The average molecular weight is 319 g/mol. The van der Waals surface area contributed by atoms with Crippen LogP contribution in [0.15, 0.2) is 11.4 Å². The second-order valence-electron chi connectivity index (χ2n) is 5.46.